The van der Waals surface area contributed by atoms with Gasteiger partial charge >= 0.3 is 12.1 Å². The van der Waals surface area contributed by atoms with E-state index in [1.807, 2.05) is 13.8 Å². The minimum Gasteiger partial charge on any atom is -0.479 e. The minimum absolute atomic E-state index is 0.116. The molecule has 0 fully saturated rings. The zero-order valence-electron chi connectivity index (χ0n) is 12.5. The number of aliphatic hydroxyl groups is 1. The van der Waals surface area contributed by atoms with Crippen LogP contribution in [-0.4, -0.2) is 39.5 Å². The monoisotopic (exact) mass is 275 g/mol. The predicted octanol–water partition coefficient (Wildman–Crippen LogP) is 1.76. The normalized spacial score (nSPS) is 16.6. The molecule has 19 heavy (non-hydrogen) atoms. The lowest BCUT2D eigenvalue weighted by atomic mass is 9.89. The fourth-order valence-corrected chi connectivity index (χ4v) is 1.50. The van der Waals surface area contributed by atoms with Gasteiger partial charge in [0.2, 0.25) is 0 Å². The number of alkyl carbamates (subject to hydrolysis) is 1. The molecule has 0 aliphatic carbocycles. The van der Waals surface area contributed by atoms with Crippen molar-refractivity contribution in [2.45, 2.75) is 65.2 Å². The lowest BCUT2D eigenvalue weighted by molar-refractivity contribution is -0.160. The van der Waals surface area contributed by atoms with Crippen LogP contribution in [0.1, 0.15) is 48.0 Å². The first-order valence-electron chi connectivity index (χ1n) is 6.31. The number of rotatable bonds is 5. The maximum Gasteiger partial charge on any atom is 0.407 e. The van der Waals surface area contributed by atoms with Gasteiger partial charge < -0.3 is 20.3 Å². The number of hydrogen-bond acceptors (Lipinski definition) is 4. The first-order chi connectivity index (χ1) is 8.36. The van der Waals surface area contributed by atoms with Crippen LogP contribution in [0.15, 0.2) is 0 Å². The number of carbonyl (C=O) groups excluding carboxylic acids is 1. The molecule has 0 aliphatic rings. The number of carboxylic acids is 1. The van der Waals surface area contributed by atoms with Gasteiger partial charge in [0.1, 0.15) is 5.60 Å². The zero-order chi connectivity index (χ0) is 15.4. The van der Waals surface area contributed by atoms with Crippen LogP contribution in [0.25, 0.3) is 0 Å². The van der Waals surface area contributed by atoms with Crippen molar-refractivity contribution in [3.05, 3.63) is 0 Å². The summed E-state index contributed by atoms with van der Waals surface area (Å²) in [5.74, 6) is -1.26. The molecule has 0 heterocycles. The number of carboxylic acid groups (broad SMARTS) is 1. The smallest absolute Gasteiger partial charge is 0.407 e. The second kappa shape index (κ2) is 6.23. The molecule has 0 unspecified atom stereocenters. The molecule has 6 heteroatoms. The summed E-state index contributed by atoms with van der Waals surface area (Å²) >= 11 is 0. The number of amides is 1. The van der Waals surface area contributed by atoms with Crippen LogP contribution < -0.4 is 5.32 Å². The van der Waals surface area contributed by atoms with Crippen LogP contribution in [0, 0.1) is 5.92 Å². The third kappa shape index (κ3) is 6.42. The molecule has 0 aliphatic heterocycles. The van der Waals surface area contributed by atoms with E-state index in [1.165, 1.54) is 6.92 Å². The van der Waals surface area contributed by atoms with Crippen molar-refractivity contribution in [1.82, 2.24) is 5.32 Å². The van der Waals surface area contributed by atoms with Crippen molar-refractivity contribution < 1.29 is 24.5 Å². The third-order valence-electron chi connectivity index (χ3n) is 2.51. The SMILES string of the molecule is CC(C)C[C@H](NC(=O)OC(C)(C)C)[C@@](C)(O)C(=O)O. The highest BCUT2D eigenvalue weighted by molar-refractivity contribution is 5.79. The predicted molar refractivity (Wildman–Crippen MR) is 70.9 cm³/mol. The number of aliphatic carboxylic acids is 1. The fraction of sp³-hybridized carbons (Fsp3) is 0.846. The summed E-state index contributed by atoms with van der Waals surface area (Å²) in [6, 6.07) is -0.917. The summed E-state index contributed by atoms with van der Waals surface area (Å²) in [6.45, 7) is 10.0. The van der Waals surface area contributed by atoms with Gasteiger partial charge in [0, 0.05) is 0 Å². The Hall–Kier alpha value is -1.30. The Bertz CT molecular complexity index is 330. The van der Waals surface area contributed by atoms with Gasteiger partial charge in [-0.15, -0.1) is 0 Å². The lowest BCUT2D eigenvalue weighted by Gasteiger charge is -2.32. The first kappa shape index (κ1) is 17.7. The molecule has 1 amide bonds. The van der Waals surface area contributed by atoms with E-state index in [-0.39, 0.29) is 5.92 Å². The molecular weight excluding hydrogens is 250 g/mol. The van der Waals surface area contributed by atoms with Crippen LogP contribution in [0.3, 0.4) is 0 Å². The zero-order valence-corrected chi connectivity index (χ0v) is 12.5. The molecule has 0 radical (unpaired) electrons. The molecule has 6 nitrogen and oxygen atoms in total. The molecule has 112 valence electrons. The van der Waals surface area contributed by atoms with Gasteiger partial charge in [0.15, 0.2) is 5.60 Å². The van der Waals surface area contributed by atoms with Crippen molar-refractivity contribution >= 4 is 12.1 Å². The molecule has 0 aromatic carbocycles. The standard InChI is InChI=1S/C13H25NO5/c1-8(2)7-9(13(6,18)10(15)16)14-11(17)19-12(3,4)5/h8-9,18H,7H2,1-6H3,(H,14,17)(H,15,16)/t9-,13+/m0/s1. The average molecular weight is 275 g/mol. The quantitative estimate of drug-likeness (QED) is 0.710. The van der Waals surface area contributed by atoms with E-state index in [9.17, 15) is 14.7 Å². The highest BCUT2D eigenvalue weighted by atomic mass is 16.6. The van der Waals surface area contributed by atoms with Crippen LogP contribution in [0.4, 0.5) is 4.79 Å². The summed E-state index contributed by atoms with van der Waals surface area (Å²) in [7, 11) is 0. The fourth-order valence-electron chi connectivity index (χ4n) is 1.50. The van der Waals surface area contributed by atoms with Gasteiger partial charge in [-0.3, -0.25) is 0 Å². The van der Waals surface area contributed by atoms with Crippen molar-refractivity contribution in [3.8, 4) is 0 Å². The maximum atomic E-state index is 11.7. The summed E-state index contributed by atoms with van der Waals surface area (Å²) in [5.41, 5.74) is -2.72. The van der Waals surface area contributed by atoms with E-state index in [0.29, 0.717) is 6.42 Å². The Morgan fingerprint density at radius 3 is 2.00 bits per heavy atom. The molecule has 0 aromatic heterocycles. The highest BCUT2D eigenvalue weighted by Gasteiger charge is 2.41. The van der Waals surface area contributed by atoms with Gasteiger partial charge in [-0.2, -0.15) is 0 Å². The second-order valence-electron chi connectivity index (χ2n) is 6.28. The summed E-state index contributed by atoms with van der Waals surface area (Å²) in [4.78, 5) is 22.8. The molecular formula is C13H25NO5. The van der Waals surface area contributed by atoms with Gasteiger partial charge in [-0.1, -0.05) is 13.8 Å². The first-order valence-corrected chi connectivity index (χ1v) is 6.31. The van der Waals surface area contributed by atoms with E-state index >= 15 is 0 Å². The molecule has 0 saturated carbocycles. The molecule has 2 atom stereocenters. The average Bonchev–Trinajstić information content (AvgIpc) is 2.12. The van der Waals surface area contributed by atoms with Gasteiger partial charge in [0.25, 0.3) is 0 Å². The summed E-state index contributed by atoms with van der Waals surface area (Å²) < 4.78 is 5.07. The highest BCUT2D eigenvalue weighted by Crippen LogP contribution is 2.19. The summed E-state index contributed by atoms with van der Waals surface area (Å²) in [5, 5.41) is 21.4. The Labute approximate surface area is 114 Å². The molecule has 3 N–H and O–H groups in total. The molecule has 0 rings (SSSR count). The van der Waals surface area contributed by atoms with Crippen molar-refractivity contribution in [2.24, 2.45) is 5.92 Å². The van der Waals surface area contributed by atoms with E-state index < -0.39 is 29.3 Å². The Kier molecular flexibility index (Phi) is 5.81. The van der Waals surface area contributed by atoms with Gasteiger partial charge in [-0.25, -0.2) is 9.59 Å². The van der Waals surface area contributed by atoms with Crippen molar-refractivity contribution in [3.63, 3.8) is 0 Å². The largest absolute Gasteiger partial charge is 0.479 e. The Morgan fingerprint density at radius 1 is 1.21 bits per heavy atom. The molecule has 0 saturated heterocycles. The van der Waals surface area contributed by atoms with Gasteiger partial charge in [-0.05, 0) is 40.0 Å². The molecule has 0 aromatic rings. The maximum absolute atomic E-state index is 11.7. The summed E-state index contributed by atoms with van der Waals surface area (Å²) in [6.07, 6.45) is -0.405. The van der Waals surface area contributed by atoms with Crippen molar-refractivity contribution in [1.29, 1.82) is 0 Å². The van der Waals surface area contributed by atoms with E-state index in [0.717, 1.165) is 0 Å². The van der Waals surface area contributed by atoms with Crippen LogP contribution in [-0.2, 0) is 9.53 Å². The Balaban J connectivity index is 4.89. The number of hydrogen-bond donors (Lipinski definition) is 3. The topological polar surface area (TPSA) is 95.9 Å². The van der Waals surface area contributed by atoms with Crippen molar-refractivity contribution in [2.75, 3.05) is 0 Å². The third-order valence-corrected chi connectivity index (χ3v) is 2.51. The van der Waals surface area contributed by atoms with Crippen LogP contribution >= 0.6 is 0 Å². The van der Waals surface area contributed by atoms with E-state index in [2.05, 4.69) is 5.32 Å². The number of carbonyl (C=O) groups is 2. The van der Waals surface area contributed by atoms with E-state index in [4.69, 9.17) is 9.84 Å². The van der Waals surface area contributed by atoms with Crippen LogP contribution in [0.2, 0.25) is 0 Å². The molecule has 0 bridgehead atoms. The van der Waals surface area contributed by atoms with E-state index in [1.54, 1.807) is 20.8 Å². The minimum atomic E-state index is -2.04. The number of nitrogens with one attached hydrogen (secondary N) is 1. The number of ether oxygens (including phenoxy) is 1. The lowest BCUT2D eigenvalue weighted by Crippen LogP contribution is -2.56. The Morgan fingerprint density at radius 2 is 1.68 bits per heavy atom. The van der Waals surface area contributed by atoms with Crippen LogP contribution in [0.5, 0.6) is 0 Å². The van der Waals surface area contributed by atoms with Gasteiger partial charge in [0.05, 0.1) is 6.04 Å². The molecule has 0 spiro atoms. The second-order valence-corrected chi connectivity index (χ2v) is 6.28.